The summed E-state index contributed by atoms with van der Waals surface area (Å²) in [6, 6.07) is 39.6. The molecule has 0 aliphatic rings. The van der Waals surface area contributed by atoms with Crippen molar-refractivity contribution in [2.24, 2.45) is 35.0 Å². The Kier molecular flexibility index (Phi) is 39.6. The first-order chi connectivity index (χ1) is 52.6. The van der Waals surface area contributed by atoms with Gasteiger partial charge in [-0.3, -0.25) is 71.9 Å². The second-order valence-corrected chi connectivity index (χ2v) is 27.0. The van der Waals surface area contributed by atoms with Gasteiger partial charge in [-0.1, -0.05) is 126 Å². The van der Waals surface area contributed by atoms with Crippen molar-refractivity contribution in [3.05, 3.63) is 172 Å². The van der Waals surface area contributed by atoms with Gasteiger partial charge in [0.05, 0.1) is 31.8 Å². The number of carbonyl (C=O) groups is 15. The highest BCUT2D eigenvalue weighted by Crippen LogP contribution is 2.29. The number of nitrogens with two attached hydrogens (primary N) is 3. The molecule has 594 valence electrons. The highest BCUT2D eigenvalue weighted by Gasteiger charge is 2.31. The fourth-order valence-corrected chi connectivity index (χ4v) is 11.9. The lowest BCUT2D eigenvalue weighted by atomic mass is 9.92. The van der Waals surface area contributed by atoms with Gasteiger partial charge in [0, 0.05) is 105 Å². The normalized spacial score (nSPS) is 12.3. The number of aliphatic carboxylic acids is 6. The maximum absolute atomic E-state index is 12.8. The number of hydrogen-bond acceptors (Lipinski definition) is 17. The molecule has 0 aliphatic heterocycles. The molecule has 16 N–H and O–H groups in total. The zero-order valence-corrected chi connectivity index (χ0v) is 62.5. The van der Waals surface area contributed by atoms with Gasteiger partial charge in [-0.05, 0) is 150 Å². The molecular weight excluding hydrogens is 1480 g/mol. The standard InChI is InChI=1S/2C27H32N2O8.C26H28Cl2N2O7/c1-37-21-4-2-3-19(15-21)18-8-5-17(6-9-18)7-12-24(31)29-22(11-14-26(34)35)23(30)16-20(27(28)36)10-13-25(32)33;28-27(37)21(9-12-25(33)34)15-23(31)22(10-13-26(35)36)29-24(32)11-6-17-4-7-19(8-5-17)20-3-1-2-18(14-20)16-30;27-19-11-18(12-20(28)14-19)16-4-1-15(2-5-16)3-8-23(32)30-21(7-10-25(35)36)22(31)13-17(26(29)37)6-9-24(33)34/h2-6,8-9,15,20,22H,7,10-14,16H2,1H3,(H2,28,36)(H,29,31)(H,32,33)(H,34,35);1-5,7-8,14,21-22,30H,6,9-13,15-16H2,(H2,28,37)(H,29,32)(H,33,34)(H,35,36);1-2,4-5,11-12,14,17,21H,3,6-10,13H2,(H2,29,37)(H,30,32)(H,33,34)(H,35,36)/t20-,22+;21-,22+;17-,21+/m111/s1. The molecule has 6 aromatic rings. The highest BCUT2D eigenvalue weighted by molar-refractivity contribution is 6.35. The summed E-state index contributed by atoms with van der Waals surface area (Å²) in [6.45, 7) is -0.0531. The van der Waals surface area contributed by atoms with Crippen LogP contribution in [0.3, 0.4) is 0 Å². The van der Waals surface area contributed by atoms with E-state index >= 15 is 0 Å². The van der Waals surface area contributed by atoms with Crippen LogP contribution in [0.1, 0.15) is 138 Å². The third-order valence-corrected chi connectivity index (χ3v) is 18.0. The van der Waals surface area contributed by atoms with Crippen LogP contribution < -0.4 is 37.9 Å². The monoisotopic (exact) mass is 1570 g/mol. The van der Waals surface area contributed by atoms with Crippen LogP contribution >= 0.6 is 23.2 Å². The van der Waals surface area contributed by atoms with E-state index in [1.165, 1.54) is 0 Å². The Morgan fingerprint density at radius 2 is 0.631 bits per heavy atom. The molecule has 6 rings (SSSR count). The number of carboxylic acids is 6. The van der Waals surface area contributed by atoms with E-state index < -0.39 is 124 Å². The predicted octanol–water partition coefficient (Wildman–Crippen LogP) is 8.49. The fourth-order valence-electron chi connectivity index (χ4n) is 11.4. The SMILES string of the molecule is COc1cccc(-c2ccc(CCC(=O)N[C@@H](CCC(=O)O)C(=O)C[C@@H](CCC(=O)O)C(N)=O)cc2)c1.NC(=O)[C@H](CCC(=O)O)CC(=O)[C@H](CCC(=O)O)NC(=O)CCc1ccc(-c2cc(Cl)cc(Cl)c2)cc1.NC(=O)[C@H](CCC(=O)O)CC(=O)[C@H](CCC(=O)O)NC(=O)CCc1ccc(-c2cccc(CO)c2)cc1. The van der Waals surface area contributed by atoms with Gasteiger partial charge in [0.15, 0.2) is 17.3 Å². The minimum absolute atomic E-state index is 0.0391. The summed E-state index contributed by atoms with van der Waals surface area (Å²) in [6.07, 6.45) is -2.86. The second-order valence-electron chi connectivity index (χ2n) is 26.1. The van der Waals surface area contributed by atoms with Crippen LogP contribution in [0.5, 0.6) is 5.75 Å². The molecule has 0 aromatic heterocycles. The summed E-state index contributed by atoms with van der Waals surface area (Å²) in [5, 5.41) is 71.5. The number of nitrogens with one attached hydrogen (secondary N) is 3. The van der Waals surface area contributed by atoms with Crippen molar-refractivity contribution in [3.8, 4) is 39.1 Å². The molecule has 0 spiro atoms. The molecule has 0 saturated carbocycles. The minimum atomic E-state index is -1.15. The number of carbonyl (C=O) groups excluding carboxylic acids is 9. The van der Waals surface area contributed by atoms with E-state index in [0.717, 1.165) is 61.4 Å². The van der Waals surface area contributed by atoms with Crippen molar-refractivity contribution >= 4 is 112 Å². The number of Topliss-reactive ketones (excluding diaryl/α,β-unsaturated/α-hetero) is 3. The number of rotatable bonds is 47. The van der Waals surface area contributed by atoms with E-state index in [4.69, 9.17) is 75.8 Å². The van der Waals surface area contributed by atoms with Crippen molar-refractivity contribution in [3.63, 3.8) is 0 Å². The van der Waals surface area contributed by atoms with Gasteiger partial charge in [-0.2, -0.15) is 0 Å². The van der Waals surface area contributed by atoms with E-state index in [9.17, 15) is 77.0 Å². The Hall–Kier alpha value is -11.7. The number of halogens is 2. The maximum Gasteiger partial charge on any atom is 0.303 e. The van der Waals surface area contributed by atoms with Crippen molar-refractivity contribution in [1.29, 1.82) is 0 Å². The molecule has 0 heterocycles. The van der Waals surface area contributed by atoms with Crippen LogP contribution in [-0.2, 0) is 97.8 Å². The summed E-state index contributed by atoms with van der Waals surface area (Å²) in [5.41, 5.74) is 24.9. The molecule has 6 atom stereocenters. The molecule has 29 nitrogen and oxygen atoms in total. The molecular formula is C80H92Cl2N6O23. The summed E-state index contributed by atoms with van der Waals surface area (Å²) >= 11 is 12.1. The van der Waals surface area contributed by atoms with Crippen molar-refractivity contribution < 1.29 is 112 Å². The number of carboxylic acid groups (broad SMARTS) is 6. The predicted molar refractivity (Wildman–Crippen MR) is 407 cm³/mol. The van der Waals surface area contributed by atoms with E-state index in [1.54, 1.807) is 25.3 Å². The fraction of sp³-hybridized carbons (Fsp3) is 0.362. The van der Waals surface area contributed by atoms with Crippen molar-refractivity contribution in [2.45, 2.75) is 160 Å². The smallest absolute Gasteiger partial charge is 0.303 e. The molecule has 31 heteroatoms. The van der Waals surface area contributed by atoms with E-state index in [1.807, 2.05) is 121 Å². The van der Waals surface area contributed by atoms with Crippen molar-refractivity contribution in [2.75, 3.05) is 7.11 Å². The van der Waals surface area contributed by atoms with Crippen LogP contribution in [0.15, 0.2) is 140 Å². The number of primary amides is 3. The molecule has 0 aliphatic carbocycles. The second kappa shape index (κ2) is 48.0. The zero-order valence-electron chi connectivity index (χ0n) is 60.9. The number of hydrogen-bond donors (Lipinski definition) is 13. The lowest BCUT2D eigenvalue weighted by Crippen LogP contribution is -2.43. The van der Waals surface area contributed by atoms with E-state index in [0.29, 0.717) is 29.3 Å². The number of benzene rings is 6. The van der Waals surface area contributed by atoms with Gasteiger partial charge < -0.3 is 73.6 Å². The van der Waals surface area contributed by atoms with Crippen LogP contribution in [-0.4, -0.2) is 150 Å². The topological polar surface area (TPSA) is 521 Å². The van der Waals surface area contributed by atoms with Crippen LogP contribution in [0.4, 0.5) is 0 Å². The van der Waals surface area contributed by atoms with Gasteiger partial charge in [-0.15, -0.1) is 0 Å². The van der Waals surface area contributed by atoms with Gasteiger partial charge in [0.1, 0.15) is 5.75 Å². The Labute approximate surface area is 649 Å². The summed E-state index contributed by atoms with van der Waals surface area (Å²) < 4.78 is 5.25. The van der Waals surface area contributed by atoms with Gasteiger partial charge in [0.2, 0.25) is 35.4 Å². The Morgan fingerprint density at radius 1 is 0.342 bits per heavy atom. The molecule has 0 fully saturated rings. The first-order valence-electron chi connectivity index (χ1n) is 35.3. The Balaban J connectivity index is 0.000000351. The number of methoxy groups -OCH3 is 1. The lowest BCUT2D eigenvalue weighted by Gasteiger charge is -2.19. The Morgan fingerprint density at radius 3 is 0.919 bits per heavy atom. The van der Waals surface area contributed by atoms with Crippen molar-refractivity contribution in [1.82, 2.24) is 16.0 Å². The number of aliphatic hydroxyl groups is 1. The average Bonchev–Trinajstić information content (AvgIpc) is 0.847. The number of aryl methyl sites for hydroxylation is 3. The molecule has 0 saturated heterocycles. The third-order valence-electron chi connectivity index (χ3n) is 17.6. The minimum Gasteiger partial charge on any atom is -0.497 e. The van der Waals surface area contributed by atoms with Gasteiger partial charge in [0.25, 0.3) is 0 Å². The van der Waals surface area contributed by atoms with E-state index in [2.05, 4.69) is 16.0 Å². The molecule has 0 unspecified atom stereocenters. The Bertz CT molecular complexity index is 4030. The summed E-state index contributed by atoms with van der Waals surface area (Å²) in [4.78, 5) is 176. The number of ketones is 3. The molecule has 6 amide bonds. The summed E-state index contributed by atoms with van der Waals surface area (Å²) in [7, 11) is 1.60. The number of ether oxygens (including phenoxy) is 1. The largest absolute Gasteiger partial charge is 0.497 e. The maximum atomic E-state index is 12.8. The van der Waals surface area contributed by atoms with Gasteiger partial charge in [-0.25, -0.2) is 0 Å². The van der Waals surface area contributed by atoms with Crippen LogP contribution in [0.25, 0.3) is 33.4 Å². The molecule has 6 aromatic carbocycles. The first kappa shape index (κ1) is 91.7. The van der Waals surface area contributed by atoms with E-state index in [-0.39, 0.29) is 122 Å². The number of amides is 6. The highest BCUT2D eigenvalue weighted by atomic mass is 35.5. The quantitative estimate of drug-likeness (QED) is 0.0170. The first-order valence-corrected chi connectivity index (χ1v) is 36.1. The average molecular weight is 1580 g/mol. The molecule has 0 radical (unpaired) electrons. The van der Waals surface area contributed by atoms with Crippen LogP contribution in [0.2, 0.25) is 10.0 Å². The molecule has 111 heavy (non-hydrogen) atoms. The summed E-state index contributed by atoms with van der Waals surface area (Å²) in [5.74, 6) is -14.7. The third kappa shape index (κ3) is 35.9. The lowest BCUT2D eigenvalue weighted by molar-refractivity contribution is -0.139. The zero-order chi connectivity index (χ0) is 82.3. The van der Waals surface area contributed by atoms with Gasteiger partial charge >= 0.3 is 35.8 Å². The molecule has 0 bridgehead atoms. The van der Waals surface area contributed by atoms with Crippen LogP contribution in [0, 0.1) is 17.8 Å². The number of aliphatic hydroxyl groups excluding tert-OH is 1.